The Balaban J connectivity index is 4.55. The normalized spacial score (nSPS) is 12.4. The zero-order valence-corrected chi connectivity index (χ0v) is 9.81. The molecule has 0 radical (unpaired) electrons. The smallest absolute Gasteiger partial charge is 0.419 e. The number of carbonyl (C=O) groups excluding carboxylic acids is 1. The minimum absolute atomic E-state index is 0.159. The quantitative estimate of drug-likeness (QED) is 0.634. The van der Waals surface area contributed by atoms with Crippen molar-refractivity contribution in [2.45, 2.75) is 19.9 Å². The number of amides is 1. The molecule has 0 rings (SSSR count). The molecule has 1 amide bonds. The highest BCUT2D eigenvalue weighted by Crippen LogP contribution is 2.16. The molecule has 0 aromatic rings. The molecule has 0 aliphatic rings. The van der Waals surface area contributed by atoms with Gasteiger partial charge in [0.1, 0.15) is 6.04 Å². The van der Waals surface area contributed by atoms with Crippen LogP contribution >= 0.6 is 22.9 Å². The average molecular weight is 301 g/mol. The standard InChI is InChI=1S/C7H12INO4/c1-4(2)5(6(10)11)9(8)7(12)13-3/h4-5H,1-3H3,(H,10,11)/t5-/m0/s1. The number of aliphatic carboxylic acids is 1. The van der Waals surface area contributed by atoms with Crippen LogP contribution in [-0.2, 0) is 9.53 Å². The van der Waals surface area contributed by atoms with E-state index in [0.717, 1.165) is 3.11 Å². The van der Waals surface area contributed by atoms with Gasteiger partial charge in [0, 0.05) is 0 Å². The monoisotopic (exact) mass is 301 g/mol. The van der Waals surface area contributed by atoms with Gasteiger partial charge in [0.2, 0.25) is 0 Å². The summed E-state index contributed by atoms with van der Waals surface area (Å²) in [5.74, 6) is -1.19. The van der Waals surface area contributed by atoms with Crippen LogP contribution < -0.4 is 0 Å². The summed E-state index contributed by atoms with van der Waals surface area (Å²) in [6, 6.07) is -0.854. The molecule has 0 aromatic heterocycles. The molecule has 6 heteroatoms. The van der Waals surface area contributed by atoms with Crippen molar-refractivity contribution in [3.05, 3.63) is 0 Å². The van der Waals surface area contributed by atoms with E-state index in [-0.39, 0.29) is 5.92 Å². The molecule has 0 unspecified atom stereocenters. The second kappa shape index (κ2) is 5.25. The fraction of sp³-hybridized carbons (Fsp3) is 0.714. The van der Waals surface area contributed by atoms with Crippen molar-refractivity contribution in [1.29, 1.82) is 0 Å². The lowest BCUT2D eigenvalue weighted by Crippen LogP contribution is -2.42. The molecule has 0 fully saturated rings. The van der Waals surface area contributed by atoms with Crippen molar-refractivity contribution in [3.8, 4) is 0 Å². The van der Waals surface area contributed by atoms with Crippen LogP contribution in [0.1, 0.15) is 13.8 Å². The van der Waals surface area contributed by atoms with Crippen molar-refractivity contribution in [1.82, 2.24) is 3.11 Å². The maximum absolute atomic E-state index is 11.0. The van der Waals surface area contributed by atoms with Crippen LogP contribution in [0.2, 0.25) is 0 Å². The molecular weight excluding hydrogens is 289 g/mol. The molecule has 0 saturated heterocycles. The molecular formula is C7H12INO4. The number of halogens is 1. The van der Waals surface area contributed by atoms with Crippen molar-refractivity contribution in [2.75, 3.05) is 7.11 Å². The van der Waals surface area contributed by atoms with Gasteiger partial charge in [-0.25, -0.2) is 12.7 Å². The Morgan fingerprint density at radius 3 is 2.15 bits per heavy atom. The second-order valence-electron chi connectivity index (χ2n) is 2.81. The second-order valence-corrected chi connectivity index (χ2v) is 3.85. The third kappa shape index (κ3) is 3.37. The number of ether oxygens (including phenoxy) is 1. The van der Waals surface area contributed by atoms with Gasteiger partial charge in [0.15, 0.2) is 0 Å². The average Bonchev–Trinajstić information content (AvgIpc) is 2.01. The van der Waals surface area contributed by atoms with Crippen LogP contribution in [0.4, 0.5) is 4.79 Å². The van der Waals surface area contributed by atoms with Gasteiger partial charge in [-0.15, -0.1) is 0 Å². The number of carboxylic acids is 1. The minimum Gasteiger partial charge on any atom is -0.480 e. The Labute approximate surface area is 90.5 Å². The number of rotatable bonds is 3. The molecule has 76 valence electrons. The molecule has 0 saturated carbocycles. The predicted octanol–water partition coefficient (Wildman–Crippen LogP) is 1.51. The predicted molar refractivity (Wildman–Crippen MR) is 54.5 cm³/mol. The number of carbonyl (C=O) groups is 2. The van der Waals surface area contributed by atoms with Crippen molar-refractivity contribution in [2.24, 2.45) is 5.92 Å². The Hall–Kier alpha value is -0.530. The summed E-state index contributed by atoms with van der Waals surface area (Å²) in [5, 5.41) is 8.80. The number of hydrogen-bond donors (Lipinski definition) is 1. The van der Waals surface area contributed by atoms with E-state index >= 15 is 0 Å². The first-order valence-electron chi connectivity index (χ1n) is 3.67. The van der Waals surface area contributed by atoms with E-state index in [4.69, 9.17) is 5.11 Å². The summed E-state index contributed by atoms with van der Waals surface area (Å²) in [4.78, 5) is 21.7. The maximum atomic E-state index is 11.0. The van der Waals surface area contributed by atoms with Gasteiger partial charge in [-0.3, -0.25) is 0 Å². The molecule has 0 aromatic carbocycles. The number of hydrogen-bond acceptors (Lipinski definition) is 3. The first-order chi connectivity index (χ1) is 5.91. The van der Waals surface area contributed by atoms with Crippen LogP contribution in [0.5, 0.6) is 0 Å². The lowest BCUT2D eigenvalue weighted by molar-refractivity contribution is -0.142. The van der Waals surface area contributed by atoms with E-state index < -0.39 is 18.1 Å². The fourth-order valence-electron chi connectivity index (χ4n) is 0.845. The molecule has 13 heavy (non-hydrogen) atoms. The van der Waals surface area contributed by atoms with Crippen LogP contribution in [0.15, 0.2) is 0 Å². The summed E-state index contributed by atoms with van der Waals surface area (Å²) in [6.07, 6.45) is -0.651. The van der Waals surface area contributed by atoms with Gasteiger partial charge in [-0.05, 0) is 5.92 Å². The van der Waals surface area contributed by atoms with Gasteiger partial charge < -0.3 is 9.84 Å². The summed E-state index contributed by atoms with van der Waals surface area (Å²) >= 11 is 1.64. The van der Waals surface area contributed by atoms with E-state index in [1.165, 1.54) is 7.11 Å². The van der Waals surface area contributed by atoms with Crippen LogP contribution in [0.25, 0.3) is 0 Å². The Bertz CT molecular complexity index is 207. The third-order valence-corrected chi connectivity index (χ3v) is 2.47. The van der Waals surface area contributed by atoms with Crippen LogP contribution in [0.3, 0.4) is 0 Å². The van der Waals surface area contributed by atoms with Gasteiger partial charge in [0.25, 0.3) is 0 Å². The number of methoxy groups -OCH3 is 1. The maximum Gasteiger partial charge on any atom is 0.419 e. The van der Waals surface area contributed by atoms with E-state index in [9.17, 15) is 9.59 Å². The Kier molecular flexibility index (Phi) is 5.04. The van der Waals surface area contributed by atoms with E-state index in [0.29, 0.717) is 0 Å². The SMILES string of the molecule is COC(=O)N(I)[C@H](C(=O)O)C(C)C. The molecule has 0 bridgehead atoms. The molecule has 0 spiro atoms. The molecule has 1 atom stereocenters. The summed E-state index contributed by atoms with van der Waals surface area (Å²) in [7, 11) is 1.22. The van der Waals surface area contributed by atoms with Gasteiger partial charge in [0.05, 0.1) is 30.0 Å². The highest BCUT2D eigenvalue weighted by atomic mass is 127. The Morgan fingerprint density at radius 2 is 1.92 bits per heavy atom. The molecule has 1 N–H and O–H groups in total. The van der Waals surface area contributed by atoms with E-state index in [2.05, 4.69) is 4.74 Å². The third-order valence-electron chi connectivity index (χ3n) is 1.48. The first kappa shape index (κ1) is 12.5. The zero-order valence-electron chi connectivity index (χ0n) is 7.65. The van der Waals surface area contributed by atoms with Gasteiger partial charge >= 0.3 is 12.1 Å². The molecule has 0 aliphatic heterocycles. The topological polar surface area (TPSA) is 66.8 Å². The zero-order chi connectivity index (χ0) is 10.6. The lowest BCUT2D eigenvalue weighted by atomic mass is 10.1. The molecule has 5 nitrogen and oxygen atoms in total. The highest BCUT2D eigenvalue weighted by molar-refractivity contribution is 14.1. The van der Waals surface area contributed by atoms with E-state index in [1.807, 2.05) is 0 Å². The summed E-state index contributed by atoms with van der Waals surface area (Å²) in [5.41, 5.74) is 0. The fourth-order valence-corrected chi connectivity index (χ4v) is 1.92. The molecule has 0 heterocycles. The minimum atomic E-state index is -1.03. The van der Waals surface area contributed by atoms with Crippen molar-refractivity contribution < 1.29 is 19.4 Å². The Morgan fingerprint density at radius 1 is 1.46 bits per heavy atom. The first-order valence-corrected chi connectivity index (χ1v) is 4.64. The lowest BCUT2D eigenvalue weighted by Gasteiger charge is -2.23. The largest absolute Gasteiger partial charge is 0.480 e. The summed E-state index contributed by atoms with van der Waals surface area (Å²) < 4.78 is 5.46. The van der Waals surface area contributed by atoms with Crippen molar-refractivity contribution >= 4 is 34.9 Å². The van der Waals surface area contributed by atoms with Crippen LogP contribution in [0, 0.1) is 5.92 Å². The molecule has 0 aliphatic carbocycles. The van der Waals surface area contributed by atoms with Gasteiger partial charge in [-0.2, -0.15) is 0 Å². The van der Waals surface area contributed by atoms with E-state index in [1.54, 1.807) is 36.7 Å². The van der Waals surface area contributed by atoms with Crippen LogP contribution in [-0.4, -0.2) is 33.4 Å². The number of carboxylic acid groups (broad SMARTS) is 1. The van der Waals surface area contributed by atoms with Gasteiger partial charge in [-0.1, -0.05) is 13.8 Å². The van der Waals surface area contributed by atoms with Crippen molar-refractivity contribution in [3.63, 3.8) is 0 Å². The highest BCUT2D eigenvalue weighted by Gasteiger charge is 2.31. The summed E-state index contributed by atoms with van der Waals surface area (Å²) in [6.45, 7) is 3.46. The number of nitrogens with zero attached hydrogens (tertiary/aromatic N) is 1.